The molecule has 1 saturated carbocycles. The molecular weight excluding hydrogens is 320 g/mol. The predicted octanol–water partition coefficient (Wildman–Crippen LogP) is 0.838. The number of amides is 1. The monoisotopic (exact) mass is 344 g/mol. The van der Waals surface area contributed by atoms with Crippen LogP contribution in [0, 0.1) is 6.92 Å². The lowest BCUT2D eigenvalue weighted by Crippen LogP contribution is -2.43. The Morgan fingerprint density at radius 1 is 1.36 bits per heavy atom. The molecule has 2 heterocycles. The molecule has 8 heteroatoms. The van der Waals surface area contributed by atoms with Crippen molar-refractivity contribution in [3.8, 4) is 0 Å². The van der Waals surface area contributed by atoms with E-state index in [4.69, 9.17) is 5.11 Å². The summed E-state index contributed by atoms with van der Waals surface area (Å²) in [5.41, 5.74) is 0.981. The number of carbonyl (C=O) groups is 1. The Hall–Kier alpha value is -2.48. The van der Waals surface area contributed by atoms with Crippen molar-refractivity contribution < 1.29 is 9.90 Å². The van der Waals surface area contributed by atoms with Gasteiger partial charge in [0.05, 0.1) is 6.61 Å². The zero-order valence-electron chi connectivity index (χ0n) is 14.4. The first-order valence-electron chi connectivity index (χ1n) is 8.59. The molecule has 0 aromatic carbocycles. The molecule has 3 rings (SSSR count). The van der Waals surface area contributed by atoms with E-state index in [1.807, 2.05) is 23.8 Å². The van der Waals surface area contributed by atoms with Gasteiger partial charge in [-0.3, -0.25) is 4.79 Å². The third kappa shape index (κ3) is 4.54. The van der Waals surface area contributed by atoms with E-state index in [0.29, 0.717) is 25.4 Å². The lowest BCUT2D eigenvalue weighted by atomic mass is 9.78. The van der Waals surface area contributed by atoms with Crippen molar-refractivity contribution in [3.63, 3.8) is 0 Å². The summed E-state index contributed by atoms with van der Waals surface area (Å²) in [7, 11) is 0. The van der Waals surface area contributed by atoms with E-state index in [2.05, 4.69) is 25.6 Å². The fraction of sp³-hybridized carbons (Fsp3) is 0.529. The maximum atomic E-state index is 12.1. The van der Waals surface area contributed by atoms with E-state index in [9.17, 15) is 4.79 Å². The molecular formula is C17H24N6O2. The van der Waals surface area contributed by atoms with E-state index in [1.54, 1.807) is 6.20 Å². The molecule has 1 amide bonds. The van der Waals surface area contributed by atoms with Gasteiger partial charge in [0.2, 0.25) is 5.91 Å². The van der Waals surface area contributed by atoms with Crippen LogP contribution in [0.15, 0.2) is 24.8 Å². The van der Waals surface area contributed by atoms with Crippen molar-refractivity contribution >= 4 is 11.7 Å². The first-order valence-corrected chi connectivity index (χ1v) is 8.59. The van der Waals surface area contributed by atoms with Crippen molar-refractivity contribution in [1.29, 1.82) is 0 Å². The third-order valence-electron chi connectivity index (χ3n) is 4.53. The SMILES string of the molecule is Cc1nccn1CCC(=O)NC1CC(c2cc(NCCO)ncn2)C1. The smallest absolute Gasteiger partial charge is 0.222 e. The lowest BCUT2D eigenvalue weighted by molar-refractivity contribution is -0.122. The molecule has 0 saturated heterocycles. The number of aliphatic hydroxyl groups is 1. The number of aliphatic hydroxyl groups excluding tert-OH is 1. The van der Waals surface area contributed by atoms with Gasteiger partial charge in [-0.05, 0) is 19.8 Å². The number of anilines is 1. The van der Waals surface area contributed by atoms with Gasteiger partial charge >= 0.3 is 0 Å². The molecule has 1 fully saturated rings. The number of hydrogen-bond donors (Lipinski definition) is 3. The minimum absolute atomic E-state index is 0.0649. The van der Waals surface area contributed by atoms with Crippen molar-refractivity contribution in [2.75, 3.05) is 18.5 Å². The summed E-state index contributed by atoms with van der Waals surface area (Å²) in [6.07, 6.45) is 7.42. The fourth-order valence-electron chi connectivity index (χ4n) is 3.02. The summed E-state index contributed by atoms with van der Waals surface area (Å²) >= 11 is 0. The highest BCUT2D eigenvalue weighted by atomic mass is 16.3. The van der Waals surface area contributed by atoms with Crippen LogP contribution in [0.1, 0.15) is 36.7 Å². The van der Waals surface area contributed by atoms with Gasteiger partial charge in [-0.15, -0.1) is 0 Å². The van der Waals surface area contributed by atoms with Crippen molar-refractivity contribution in [2.24, 2.45) is 0 Å². The molecule has 8 nitrogen and oxygen atoms in total. The first kappa shape index (κ1) is 17.3. The van der Waals surface area contributed by atoms with E-state index >= 15 is 0 Å². The maximum Gasteiger partial charge on any atom is 0.222 e. The number of aromatic nitrogens is 4. The van der Waals surface area contributed by atoms with Crippen LogP contribution >= 0.6 is 0 Å². The zero-order valence-corrected chi connectivity index (χ0v) is 14.4. The van der Waals surface area contributed by atoms with Crippen LogP contribution in [0.4, 0.5) is 5.82 Å². The number of rotatable bonds is 8. The maximum absolute atomic E-state index is 12.1. The number of nitrogens with zero attached hydrogens (tertiary/aromatic N) is 4. The largest absolute Gasteiger partial charge is 0.395 e. The minimum atomic E-state index is 0.0649. The average molecular weight is 344 g/mol. The van der Waals surface area contributed by atoms with Crippen molar-refractivity contribution in [3.05, 3.63) is 36.3 Å². The van der Waals surface area contributed by atoms with Gasteiger partial charge in [-0.1, -0.05) is 0 Å². The molecule has 0 unspecified atom stereocenters. The van der Waals surface area contributed by atoms with Gasteiger partial charge in [0.15, 0.2) is 0 Å². The Labute approximate surface area is 146 Å². The molecule has 134 valence electrons. The Morgan fingerprint density at radius 2 is 2.20 bits per heavy atom. The molecule has 25 heavy (non-hydrogen) atoms. The highest BCUT2D eigenvalue weighted by Gasteiger charge is 2.32. The Bertz CT molecular complexity index is 711. The van der Waals surface area contributed by atoms with Crippen LogP contribution in [0.2, 0.25) is 0 Å². The molecule has 0 spiro atoms. The van der Waals surface area contributed by atoms with Gasteiger partial charge in [0.25, 0.3) is 0 Å². The molecule has 2 aromatic rings. The quantitative estimate of drug-likeness (QED) is 0.655. The summed E-state index contributed by atoms with van der Waals surface area (Å²) in [4.78, 5) is 24.7. The molecule has 0 atom stereocenters. The molecule has 0 bridgehead atoms. The highest BCUT2D eigenvalue weighted by molar-refractivity contribution is 5.76. The van der Waals surface area contributed by atoms with E-state index in [0.717, 1.165) is 30.2 Å². The summed E-state index contributed by atoms with van der Waals surface area (Å²) in [5, 5.41) is 15.0. The topological polar surface area (TPSA) is 105 Å². The summed E-state index contributed by atoms with van der Waals surface area (Å²) in [6, 6.07) is 2.13. The molecule has 1 aliphatic rings. The van der Waals surface area contributed by atoms with Crippen molar-refractivity contribution in [1.82, 2.24) is 24.8 Å². The summed E-state index contributed by atoms with van der Waals surface area (Å²) < 4.78 is 1.98. The second kappa shape index (κ2) is 8.06. The second-order valence-electron chi connectivity index (χ2n) is 6.33. The van der Waals surface area contributed by atoms with Crippen LogP contribution in [-0.2, 0) is 11.3 Å². The van der Waals surface area contributed by atoms with Gasteiger partial charge in [0.1, 0.15) is 18.0 Å². The Kier molecular flexibility index (Phi) is 5.60. The standard InChI is InChI=1S/C17H24N6O2/c1-12-18-3-6-23(12)5-2-17(25)22-14-8-13(9-14)15-10-16(19-4-7-24)21-11-20-15/h3,6,10-11,13-14,24H,2,4-5,7-9H2,1H3,(H,22,25)(H,19,20,21). The number of aryl methyl sites for hydroxylation is 2. The predicted molar refractivity (Wildman–Crippen MR) is 93.1 cm³/mol. The van der Waals surface area contributed by atoms with E-state index < -0.39 is 0 Å². The average Bonchev–Trinajstić information content (AvgIpc) is 2.99. The number of hydrogen-bond acceptors (Lipinski definition) is 6. The fourth-order valence-corrected chi connectivity index (χ4v) is 3.02. The number of nitrogens with one attached hydrogen (secondary N) is 2. The Morgan fingerprint density at radius 3 is 2.92 bits per heavy atom. The number of carbonyl (C=O) groups excluding carboxylic acids is 1. The third-order valence-corrected chi connectivity index (χ3v) is 4.53. The summed E-state index contributed by atoms with van der Waals surface area (Å²) in [6.45, 7) is 3.12. The lowest BCUT2D eigenvalue weighted by Gasteiger charge is -2.35. The highest BCUT2D eigenvalue weighted by Crippen LogP contribution is 2.36. The van der Waals surface area contributed by atoms with Crippen LogP contribution in [0.3, 0.4) is 0 Å². The normalized spacial score (nSPS) is 19.3. The van der Waals surface area contributed by atoms with Gasteiger partial charge in [-0.2, -0.15) is 0 Å². The Balaban J connectivity index is 1.41. The zero-order chi connectivity index (χ0) is 17.6. The molecule has 0 aliphatic heterocycles. The van der Waals surface area contributed by atoms with E-state index in [-0.39, 0.29) is 18.6 Å². The van der Waals surface area contributed by atoms with Gasteiger partial charge < -0.3 is 20.3 Å². The summed E-state index contributed by atoms with van der Waals surface area (Å²) in [5.74, 6) is 2.07. The second-order valence-corrected chi connectivity index (χ2v) is 6.33. The van der Waals surface area contributed by atoms with Crippen LogP contribution in [-0.4, -0.2) is 49.7 Å². The van der Waals surface area contributed by atoms with Crippen molar-refractivity contribution in [2.45, 2.75) is 44.7 Å². The minimum Gasteiger partial charge on any atom is -0.395 e. The van der Waals surface area contributed by atoms with Crippen LogP contribution in [0.5, 0.6) is 0 Å². The first-order chi connectivity index (χ1) is 12.2. The molecule has 1 aliphatic carbocycles. The van der Waals surface area contributed by atoms with E-state index in [1.165, 1.54) is 6.33 Å². The molecule has 2 aromatic heterocycles. The van der Waals surface area contributed by atoms with Gasteiger partial charge in [-0.25, -0.2) is 15.0 Å². The van der Waals surface area contributed by atoms with Crippen LogP contribution < -0.4 is 10.6 Å². The van der Waals surface area contributed by atoms with Crippen LogP contribution in [0.25, 0.3) is 0 Å². The van der Waals surface area contributed by atoms with Gasteiger partial charge in [0, 0.05) is 55.6 Å². The molecule has 3 N–H and O–H groups in total. The molecule has 0 radical (unpaired) electrons. The number of imidazole rings is 1.